The van der Waals surface area contributed by atoms with Crippen molar-refractivity contribution in [2.75, 3.05) is 24.7 Å². The predicted molar refractivity (Wildman–Crippen MR) is 83.9 cm³/mol. The summed E-state index contributed by atoms with van der Waals surface area (Å²) in [6, 6.07) is 13.5. The number of rotatable bonds is 1. The molecular formula is C18H17NO3. The molecule has 112 valence electrons. The van der Waals surface area contributed by atoms with E-state index in [-0.39, 0.29) is 5.91 Å². The van der Waals surface area contributed by atoms with Gasteiger partial charge in [0.2, 0.25) is 0 Å². The molecule has 0 unspecified atom stereocenters. The Bertz CT molecular complexity index is 726. The van der Waals surface area contributed by atoms with Gasteiger partial charge in [0, 0.05) is 17.8 Å². The summed E-state index contributed by atoms with van der Waals surface area (Å²) >= 11 is 0. The summed E-state index contributed by atoms with van der Waals surface area (Å²) < 4.78 is 11.1. The first-order valence-corrected chi connectivity index (χ1v) is 7.62. The Kier molecular flexibility index (Phi) is 3.22. The van der Waals surface area contributed by atoms with Crippen molar-refractivity contribution in [1.82, 2.24) is 0 Å². The molecule has 2 aromatic rings. The third-order valence-electron chi connectivity index (χ3n) is 4.14. The Balaban J connectivity index is 1.68. The van der Waals surface area contributed by atoms with Gasteiger partial charge in [0.15, 0.2) is 11.5 Å². The smallest absolute Gasteiger partial charge is 0.258 e. The topological polar surface area (TPSA) is 38.8 Å². The van der Waals surface area contributed by atoms with E-state index in [9.17, 15) is 4.79 Å². The van der Waals surface area contributed by atoms with E-state index in [1.165, 1.54) is 5.56 Å². The van der Waals surface area contributed by atoms with Gasteiger partial charge in [-0.2, -0.15) is 0 Å². The van der Waals surface area contributed by atoms with Gasteiger partial charge < -0.3 is 14.4 Å². The molecule has 4 nitrogen and oxygen atoms in total. The summed E-state index contributed by atoms with van der Waals surface area (Å²) in [7, 11) is 0. The lowest BCUT2D eigenvalue weighted by Gasteiger charge is -2.29. The van der Waals surface area contributed by atoms with E-state index in [1.54, 1.807) is 6.07 Å². The van der Waals surface area contributed by atoms with Crippen LogP contribution in [-0.2, 0) is 6.42 Å². The first-order valence-electron chi connectivity index (χ1n) is 7.62. The molecule has 0 aliphatic carbocycles. The number of carbonyl (C=O) groups excluding carboxylic acids is 1. The Hall–Kier alpha value is -2.49. The first kappa shape index (κ1) is 13.2. The van der Waals surface area contributed by atoms with E-state index < -0.39 is 0 Å². The molecule has 0 radical (unpaired) electrons. The van der Waals surface area contributed by atoms with Gasteiger partial charge >= 0.3 is 0 Å². The molecular weight excluding hydrogens is 278 g/mol. The number of hydrogen-bond acceptors (Lipinski definition) is 3. The Morgan fingerprint density at radius 3 is 2.73 bits per heavy atom. The van der Waals surface area contributed by atoms with Gasteiger partial charge in [0.05, 0.1) is 0 Å². The number of fused-ring (bicyclic) bond motifs is 2. The van der Waals surface area contributed by atoms with Crippen molar-refractivity contribution in [1.29, 1.82) is 0 Å². The summed E-state index contributed by atoms with van der Waals surface area (Å²) in [5, 5.41) is 0. The standard InChI is InChI=1S/C18H17NO3/c20-18(14-7-8-16-17(12-14)22-11-10-21-16)19-9-3-5-13-4-1-2-6-15(13)19/h1-2,4,6-8,12H,3,5,9-11H2. The number of benzene rings is 2. The monoisotopic (exact) mass is 295 g/mol. The van der Waals surface area contributed by atoms with Crippen LogP contribution in [0.1, 0.15) is 22.3 Å². The molecule has 0 fully saturated rings. The van der Waals surface area contributed by atoms with E-state index in [0.717, 1.165) is 25.1 Å². The van der Waals surface area contributed by atoms with Crippen LogP contribution >= 0.6 is 0 Å². The number of ether oxygens (including phenoxy) is 2. The fourth-order valence-corrected chi connectivity index (χ4v) is 3.08. The van der Waals surface area contributed by atoms with Crippen LogP contribution in [0.4, 0.5) is 5.69 Å². The third-order valence-corrected chi connectivity index (χ3v) is 4.14. The molecule has 0 bridgehead atoms. The molecule has 0 N–H and O–H groups in total. The maximum atomic E-state index is 12.9. The van der Waals surface area contributed by atoms with Gasteiger partial charge in [-0.25, -0.2) is 0 Å². The number of anilines is 1. The van der Waals surface area contributed by atoms with Crippen LogP contribution in [0.15, 0.2) is 42.5 Å². The van der Waals surface area contributed by atoms with Crippen LogP contribution in [0.25, 0.3) is 0 Å². The molecule has 22 heavy (non-hydrogen) atoms. The summed E-state index contributed by atoms with van der Waals surface area (Å²) in [6.07, 6.45) is 2.02. The SMILES string of the molecule is O=C(c1ccc2c(c1)OCCO2)N1CCCc2ccccc21. The maximum absolute atomic E-state index is 12.9. The Morgan fingerprint density at radius 1 is 1.00 bits per heavy atom. The number of para-hydroxylation sites is 1. The highest BCUT2D eigenvalue weighted by Crippen LogP contribution is 2.33. The van der Waals surface area contributed by atoms with Gasteiger partial charge in [0.1, 0.15) is 13.2 Å². The summed E-state index contributed by atoms with van der Waals surface area (Å²) in [4.78, 5) is 14.7. The largest absolute Gasteiger partial charge is 0.486 e. The average Bonchev–Trinajstić information content (AvgIpc) is 2.60. The van der Waals surface area contributed by atoms with Crippen molar-refractivity contribution in [3.8, 4) is 11.5 Å². The number of hydrogen-bond donors (Lipinski definition) is 0. The highest BCUT2D eigenvalue weighted by atomic mass is 16.6. The highest BCUT2D eigenvalue weighted by Gasteiger charge is 2.24. The van der Waals surface area contributed by atoms with Crippen molar-refractivity contribution >= 4 is 11.6 Å². The highest BCUT2D eigenvalue weighted by molar-refractivity contribution is 6.07. The normalized spacial score (nSPS) is 16.1. The molecule has 2 aromatic carbocycles. The van der Waals surface area contributed by atoms with Crippen LogP contribution < -0.4 is 14.4 Å². The zero-order valence-corrected chi connectivity index (χ0v) is 12.2. The van der Waals surface area contributed by atoms with Crippen molar-refractivity contribution in [2.45, 2.75) is 12.8 Å². The van der Waals surface area contributed by atoms with Gasteiger partial charge in [-0.3, -0.25) is 4.79 Å². The number of aryl methyl sites for hydroxylation is 1. The first-order chi connectivity index (χ1) is 10.8. The molecule has 0 aromatic heterocycles. The molecule has 1 amide bonds. The second-order valence-electron chi connectivity index (χ2n) is 5.55. The molecule has 4 rings (SSSR count). The van der Waals surface area contributed by atoms with Gasteiger partial charge in [-0.05, 0) is 42.7 Å². The Labute approximate surface area is 129 Å². The van der Waals surface area contributed by atoms with Crippen molar-refractivity contribution in [3.05, 3.63) is 53.6 Å². The van der Waals surface area contributed by atoms with E-state index in [4.69, 9.17) is 9.47 Å². The lowest BCUT2D eigenvalue weighted by atomic mass is 10.0. The Morgan fingerprint density at radius 2 is 1.82 bits per heavy atom. The minimum atomic E-state index is 0.0177. The van der Waals surface area contributed by atoms with E-state index in [0.29, 0.717) is 30.3 Å². The number of carbonyl (C=O) groups is 1. The fraction of sp³-hybridized carbons (Fsp3) is 0.278. The maximum Gasteiger partial charge on any atom is 0.258 e. The van der Waals surface area contributed by atoms with Crippen LogP contribution in [0.2, 0.25) is 0 Å². The van der Waals surface area contributed by atoms with Crippen LogP contribution in [-0.4, -0.2) is 25.7 Å². The molecule has 4 heteroatoms. The summed E-state index contributed by atoms with van der Waals surface area (Å²) in [5.74, 6) is 1.38. The predicted octanol–water partition coefficient (Wildman–Crippen LogP) is 3.05. The zero-order valence-electron chi connectivity index (χ0n) is 12.2. The van der Waals surface area contributed by atoms with Crippen LogP contribution in [0.3, 0.4) is 0 Å². The third kappa shape index (κ3) is 2.21. The zero-order chi connectivity index (χ0) is 14.9. The second-order valence-corrected chi connectivity index (χ2v) is 5.55. The van der Waals surface area contributed by atoms with Gasteiger partial charge in [-0.15, -0.1) is 0 Å². The van der Waals surface area contributed by atoms with Gasteiger partial charge in [0.25, 0.3) is 5.91 Å². The second kappa shape index (κ2) is 5.37. The molecule has 0 atom stereocenters. The molecule has 2 heterocycles. The lowest BCUT2D eigenvalue weighted by Crippen LogP contribution is -2.35. The van der Waals surface area contributed by atoms with E-state index >= 15 is 0 Å². The van der Waals surface area contributed by atoms with Crippen molar-refractivity contribution in [2.24, 2.45) is 0 Å². The molecule has 0 spiro atoms. The molecule has 2 aliphatic rings. The molecule has 0 saturated heterocycles. The van der Waals surface area contributed by atoms with E-state index in [2.05, 4.69) is 6.07 Å². The van der Waals surface area contributed by atoms with E-state index in [1.807, 2.05) is 35.2 Å². The minimum absolute atomic E-state index is 0.0177. The quantitative estimate of drug-likeness (QED) is 0.811. The van der Waals surface area contributed by atoms with Crippen LogP contribution in [0.5, 0.6) is 11.5 Å². The van der Waals surface area contributed by atoms with Crippen LogP contribution in [0, 0.1) is 0 Å². The number of nitrogens with zero attached hydrogens (tertiary/aromatic N) is 1. The van der Waals surface area contributed by atoms with Crippen molar-refractivity contribution in [3.63, 3.8) is 0 Å². The molecule has 0 saturated carbocycles. The summed E-state index contributed by atoms with van der Waals surface area (Å²) in [6.45, 7) is 1.83. The van der Waals surface area contributed by atoms with Gasteiger partial charge in [-0.1, -0.05) is 18.2 Å². The average molecular weight is 295 g/mol. The lowest BCUT2D eigenvalue weighted by molar-refractivity contribution is 0.0984. The minimum Gasteiger partial charge on any atom is -0.486 e. The summed E-state index contributed by atoms with van der Waals surface area (Å²) in [5.41, 5.74) is 2.90. The molecule has 2 aliphatic heterocycles. The fourth-order valence-electron chi connectivity index (χ4n) is 3.08. The van der Waals surface area contributed by atoms with Crippen molar-refractivity contribution < 1.29 is 14.3 Å². The number of amides is 1.